The predicted molar refractivity (Wildman–Crippen MR) is 49.1 cm³/mol. The van der Waals surface area contributed by atoms with Crippen molar-refractivity contribution in [1.82, 2.24) is 5.32 Å². The number of hydrogen-bond donors (Lipinski definition) is 1. The average molecular weight is 183 g/mol. The number of rotatable bonds is 2. The lowest BCUT2D eigenvalue weighted by molar-refractivity contribution is -0.121. The normalized spacial score (nSPS) is 30.5. The third-order valence-electron chi connectivity index (χ3n) is 2.86. The lowest BCUT2D eigenvalue weighted by Gasteiger charge is -2.25. The third-order valence-corrected chi connectivity index (χ3v) is 2.86. The van der Waals surface area contributed by atoms with Gasteiger partial charge in [0.2, 0.25) is 5.91 Å². The molecule has 2 aliphatic rings. The minimum Gasteiger partial charge on any atom is -0.355 e. The summed E-state index contributed by atoms with van der Waals surface area (Å²) in [6.45, 7) is 0. The maximum Gasteiger partial charge on any atom is 0.222 e. The van der Waals surface area contributed by atoms with Crippen molar-refractivity contribution in [3.05, 3.63) is 0 Å². The van der Waals surface area contributed by atoms with Crippen LogP contribution in [0.25, 0.3) is 0 Å². The van der Waals surface area contributed by atoms with Crippen LogP contribution in [-0.2, 0) is 9.53 Å². The van der Waals surface area contributed by atoms with E-state index in [-0.39, 0.29) is 12.1 Å². The fraction of sp³-hybridized carbons (Fsp3) is 0.900. The molecule has 1 aliphatic carbocycles. The zero-order valence-corrected chi connectivity index (χ0v) is 7.92. The summed E-state index contributed by atoms with van der Waals surface area (Å²) >= 11 is 0. The average Bonchev–Trinajstić information content (AvgIpc) is 2.53. The molecule has 3 heteroatoms. The molecule has 0 aromatic rings. The Morgan fingerprint density at radius 2 is 1.92 bits per heavy atom. The molecule has 0 spiro atoms. The van der Waals surface area contributed by atoms with Crippen molar-refractivity contribution in [2.75, 3.05) is 0 Å². The predicted octanol–water partition coefficient (Wildman–Crippen LogP) is 1.57. The molecule has 0 radical (unpaired) electrons. The minimum atomic E-state index is 0.00981. The van der Waals surface area contributed by atoms with Crippen LogP contribution in [0.5, 0.6) is 0 Å². The van der Waals surface area contributed by atoms with Crippen LogP contribution in [-0.4, -0.2) is 18.2 Å². The zero-order valence-electron chi connectivity index (χ0n) is 7.92. The highest BCUT2D eigenvalue weighted by Gasteiger charge is 2.25. The molecule has 2 rings (SSSR count). The van der Waals surface area contributed by atoms with Gasteiger partial charge in [-0.05, 0) is 12.8 Å². The molecule has 2 fully saturated rings. The first-order chi connectivity index (χ1) is 6.34. The fourth-order valence-electron chi connectivity index (χ4n) is 2.12. The van der Waals surface area contributed by atoms with E-state index in [1.807, 2.05) is 0 Å². The van der Waals surface area contributed by atoms with Crippen LogP contribution in [0.4, 0.5) is 0 Å². The first-order valence-corrected chi connectivity index (χ1v) is 5.29. The standard InChI is InChI=1S/C10H17NO2/c12-9-6-7-10(11-9)13-8-4-2-1-3-5-8/h8,10H,1-7H2,(H,11,12). The van der Waals surface area contributed by atoms with E-state index >= 15 is 0 Å². The summed E-state index contributed by atoms with van der Waals surface area (Å²) in [4.78, 5) is 10.9. The highest BCUT2D eigenvalue weighted by molar-refractivity contribution is 5.78. The van der Waals surface area contributed by atoms with Crippen LogP contribution in [0.1, 0.15) is 44.9 Å². The quantitative estimate of drug-likeness (QED) is 0.705. The van der Waals surface area contributed by atoms with Crippen molar-refractivity contribution in [3.8, 4) is 0 Å². The van der Waals surface area contributed by atoms with E-state index in [1.165, 1.54) is 32.1 Å². The van der Waals surface area contributed by atoms with Crippen molar-refractivity contribution in [2.45, 2.75) is 57.3 Å². The Kier molecular flexibility index (Phi) is 2.83. The highest BCUT2D eigenvalue weighted by atomic mass is 16.5. The van der Waals surface area contributed by atoms with Crippen molar-refractivity contribution < 1.29 is 9.53 Å². The number of carbonyl (C=O) groups is 1. The van der Waals surface area contributed by atoms with Gasteiger partial charge in [-0.1, -0.05) is 19.3 Å². The van der Waals surface area contributed by atoms with E-state index in [0.717, 1.165) is 6.42 Å². The van der Waals surface area contributed by atoms with Crippen molar-refractivity contribution in [1.29, 1.82) is 0 Å². The maximum atomic E-state index is 10.9. The Morgan fingerprint density at radius 3 is 2.54 bits per heavy atom. The highest BCUT2D eigenvalue weighted by Crippen LogP contribution is 2.22. The summed E-state index contributed by atoms with van der Waals surface area (Å²) in [6, 6.07) is 0. The van der Waals surface area contributed by atoms with Crippen molar-refractivity contribution in [3.63, 3.8) is 0 Å². The molecule has 1 amide bonds. The summed E-state index contributed by atoms with van der Waals surface area (Å²) in [6.07, 6.45) is 8.16. The van der Waals surface area contributed by atoms with E-state index < -0.39 is 0 Å². The second-order valence-electron chi connectivity index (χ2n) is 3.99. The van der Waals surface area contributed by atoms with Crippen LogP contribution >= 0.6 is 0 Å². The molecule has 1 N–H and O–H groups in total. The van der Waals surface area contributed by atoms with Gasteiger partial charge in [0.15, 0.2) is 0 Å². The summed E-state index contributed by atoms with van der Waals surface area (Å²) in [7, 11) is 0. The smallest absolute Gasteiger partial charge is 0.222 e. The Hall–Kier alpha value is -0.570. The van der Waals surface area contributed by atoms with Crippen LogP contribution in [0.15, 0.2) is 0 Å². The number of carbonyl (C=O) groups excluding carboxylic acids is 1. The van der Waals surface area contributed by atoms with E-state index in [4.69, 9.17) is 4.74 Å². The third kappa shape index (κ3) is 2.44. The van der Waals surface area contributed by atoms with Crippen LogP contribution in [0.2, 0.25) is 0 Å². The van der Waals surface area contributed by atoms with Gasteiger partial charge in [0, 0.05) is 12.8 Å². The van der Waals surface area contributed by atoms with Gasteiger partial charge in [-0.3, -0.25) is 4.79 Å². The Balaban J connectivity index is 1.73. The summed E-state index contributed by atoms with van der Waals surface area (Å²) in [5.74, 6) is 0.140. The molecule has 0 aromatic carbocycles. The second kappa shape index (κ2) is 4.09. The van der Waals surface area contributed by atoms with Crippen molar-refractivity contribution >= 4 is 5.91 Å². The number of amides is 1. The van der Waals surface area contributed by atoms with E-state index in [9.17, 15) is 4.79 Å². The van der Waals surface area contributed by atoms with E-state index in [0.29, 0.717) is 12.5 Å². The van der Waals surface area contributed by atoms with Gasteiger partial charge in [0.1, 0.15) is 6.23 Å². The van der Waals surface area contributed by atoms with Gasteiger partial charge in [0.05, 0.1) is 6.10 Å². The molecule has 0 bridgehead atoms. The van der Waals surface area contributed by atoms with Crippen LogP contribution < -0.4 is 5.32 Å². The molecule has 1 aliphatic heterocycles. The van der Waals surface area contributed by atoms with Crippen molar-refractivity contribution in [2.24, 2.45) is 0 Å². The van der Waals surface area contributed by atoms with Crippen LogP contribution in [0, 0.1) is 0 Å². The molecule has 1 saturated heterocycles. The molecular formula is C10H17NO2. The molecular weight excluding hydrogens is 166 g/mol. The van der Waals surface area contributed by atoms with Gasteiger partial charge in [-0.15, -0.1) is 0 Å². The van der Waals surface area contributed by atoms with E-state index in [2.05, 4.69) is 5.32 Å². The number of nitrogens with one attached hydrogen (secondary N) is 1. The first-order valence-electron chi connectivity index (χ1n) is 5.29. The Morgan fingerprint density at radius 1 is 1.15 bits per heavy atom. The Labute approximate surface area is 78.8 Å². The maximum absolute atomic E-state index is 10.9. The topological polar surface area (TPSA) is 38.3 Å². The molecule has 3 nitrogen and oxygen atoms in total. The zero-order chi connectivity index (χ0) is 9.10. The molecule has 74 valence electrons. The van der Waals surface area contributed by atoms with Crippen LogP contribution in [0.3, 0.4) is 0 Å². The van der Waals surface area contributed by atoms with E-state index in [1.54, 1.807) is 0 Å². The summed E-state index contributed by atoms with van der Waals surface area (Å²) in [5.41, 5.74) is 0. The minimum absolute atomic E-state index is 0.00981. The number of ether oxygens (including phenoxy) is 1. The monoisotopic (exact) mass is 183 g/mol. The van der Waals surface area contributed by atoms with Gasteiger partial charge in [0.25, 0.3) is 0 Å². The molecule has 1 atom stereocenters. The Bertz CT molecular complexity index is 187. The summed E-state index contributed by atoms with van der Waals surface area (Å²) in [5, 5.41) is 2.84. The van der Waals surface area contributed by atoms with Gasteiger partial charge >= 0.3 is 0 Å². The SMILES string of the molecule is O=C1CCC(OC2CCCCC2)N1. The lowest BCUT2D eigenvalue weighted by atomic mass is 9.98. The lowest BCUT2D eigenvalue weighted by Crippen LogP contribution is -2.32. The van der Waals surface area contributed by atoms with Gasteiger partial charge < -0.3 is 10.1 Å². The molecule has 1 unspecified atom stereocenters. The second-order valence-corrected chi connectivity index (χ2v) is 3.99. The first kappa shape index (κ1) is 9.00. The molecule has 1 heterocycles. The molecule has 13 heavy (non-hydrogen) atoms. The molecule has 1 saturated carbocycles. The van der Waals surface area contributed by atoms with Gasteiger partial charge in [-0.2, -0.15) is 0 Å². The summed E-state index contributed by atoms with van der Waals surface area (Å²) < 4.78 is 5.79. The molecule has 0 aromatic heterocycles. The van der Waals surface area contributed by atoms with Gasteiger partial charge in [-0.25, -0.2) is 0 Å². The fourth-order valence-corrected chi connectivity index (χ4v) is 2.12. The largest absolute Gasteiger partial charge is 0.355 e. The number of hydrogen-bond acceptors (Lipinski definition) is 2.